The predicted molar refractivity (Wildman–Crippen MR) is 181 cm³/mol. The molecule has 2 N–H and O–H groups in total. The summed E-state index contributed by atoms with van der Waals surface area (Å²) in [5, 5.41) is 13.7. The van der Waals surface area contributed by atoms with Crippen molar-refractivity contribution in [3.8, 4) is 17.1 Å². The Balaban J connectivity index is 1.07. The highest BCUT2D eigenvalue weighted by Gasteiger charge is 2.62. The summed E-state index contributed by atoms with van der Waals surface area (Å²) < 4.78 is 79.1. The molecule has 0 radical (unpaired) electrons. The molecule has 1 unspecified atom stereocenters. The number of carbonyl (C=O) groups is 2. The van der Waals surface area contributed by atoms with Gasteiger partial charge in [-0.05, 0) is 107 Å². The SMILES string of the molecule is CCC(C)n1cc(-c2ncc(C(=O)NC3(C(=O)O)C4CC5CC(C4)CC3C5)c(C(F)(F)F)n2)c2ccc(OC3CCC(N4CC(F)(F)C4)CC3)cc21. The summed E-state index contributed by atoms with van der Waals surface area (Å²) in [6.45, 7) is 3.62. The molecule has 52 heavy (non-hydrogen) atoms. The Morgan fingerprint density at radius 2 is 1.69 bits per heavy atom. The van der Waals surface area contributed by atoms with Gasteiger partial charge >= 0.3 is 12.1 Å². The van der Waals surface area contributed by atoms with E-state index in [1.54, 1.807) is 18.3 Å². The molecule has 1 atom stereocenters. The third-order valence-corrected chi connectivity index (χ3v) is 12.8. The van der Waals surface area contributed by atoms with E-state index in [4.69, 9.17) is 4.74 Å². The van der Waals surface area contributed by atoms with Gasteiger partial charge in [-0.3, -0.25) is 9.69 Å². The molecular formula is C38H44F5N5O4. The maximum absolute atomic E-state index is 14.7. The van der Waals surface area contributed by atoms with Crippen LogP contribution in [0.2, 0.25) is 0 Å². The summed E-state index contributed by atoms with van der Waals surface area (Å²) in [6.07, 6.45) is 4.80. The first-order valence-corrected chi connectivity index (χ1v) is 18.6. The number of nitrogens with one attached hydrogen (secondary N) is 1. The Morgan fingerprint density at radius 3 is 2.27 bits per heavy atom. The first-order valence-electron chi connectivity index (χ1n) is 18.6. The number of aliphatic carboxylic acids is 1. The lowest BCUT2D eigenvalue weighted by molar-refractivity contribution is -0.163. The molecule has 3 heterocycles. The molecule has 6 aliphatic rings. The fourth-order valence-electron chi connectivity index (χ4n) is 10.3. The van der Waals surface area contributed by atoms with E-state index >= 15 is 0 Å². The zero-order chi connectivity index (χ0) is 36.7. The number of alkyl halides is 5. The minimum atomic E-state index is -5.02. The average molecular weight is 730 g/mol. The Kier molecular flexibility index (Phi) is 8.58. The number of carbonyl (C=O) groups excluding carboxylic acids is 1. The lowest BCUT2D eigenvalue weighted by Gasteiger charge is -2.59. The molecule has 3 aromatic rings. The van der Waals surface area contributed by atoms with Gasteiger partial charge in [0.05, 0.1) is 30.3 Å². The Bertz CT molecular complexity index is 1850. The van der Waals surface area contributed by atoms with E-state index in [1.165, 1.54) is 0 Å². The van der Waals surface area contributed by atoms with Crippen LogP contribution in [-0.2, 0) is 11.0 Å². The van der Waals surface area contributed by atoms with Gasteiger partial charge in [0, 0.05) is 41.5 Å². The predicted octanol–water partition coefficient (Wildman–Crippen LogP) is 7.74. The number of aromatic nitrogens is 3. The van der Waals surface area contributed by atoms with Gasteiger partial charge < -0.3 is 19.7 Å². The highest BCUT2D eigenvalue weighted by atomic mass is 19.4. The van der Waals surface area contributed by atoms with Gasteiger partial charge in [-0.25, -0.2) is 23.5 Å². The first kappa shape index (κ1) is 35.2. The van der Waals surface area contributed by atoms with E-state index in [0.717, 1.165) is 50.2 Å². The van der Waals surface area contributed by atoms with Crippen molar-refractivity contribution in [3.63, 3.8) is 0 Å². The molecule has 5 saturated carbocycles. The largest absolute Gasteiger partial charge is 0.490 e. The number of hydrogen-bond acceptors (Lipinski definition) is 6. The molecule has 4 bridgehead atoms. The Labute approximate surface area is 298 Å². The summed E-state index contributed by atoms with van der Waals surface area (Å²) in [7, 11) is 0. The quantitative estimate of drug-likeness (QED) is 0.217. The molecule has 9 nitrogen and oxygen atoms in total. The van der Waals surface area contributed by atoms with Gasteiger partial charge in [-0.15, -0.1) is 0 Å². The Hall–Kier alpha value is -3.81. The zero-order valence-corrected chi connectivity index (χ0v) is 29.3. The minimum Gasteiger partial charge on any atom is -0.490 e. The molecule has 14 heteroatoms. The van der Waals surface area contributed by atoms with Crippen molar-refractivity contribution in [3.05, 3.63) is 41.9 Å². The topological polar surface area (TPSA) is 110 Å². The summed E-state index contributed by atoms with van der Waals surface area (Å²) >= 11 is 0. The van der Waals surface area contributed by atoms with E-state index in [0.29, 0.717) is 54.2 Å². The Morgan fingerprint density at radius 1 is 1.04 bits per heavy atom. The summed E-state index contributed by atoms with van der Waals surface area (Å²) in [5.41, 5.74) is -2.76. The van der Waals surface area contributed by atoms with Gasteiger partial charge in [0.2, 0.25) is 0 Å². The smallest absolute Gasteiger partial charge is 0.434 e. The summed E-state index contributed by atoms with van der Waals surface area (Å²) in [5.74, 6) is -4.44. The summed E-state index contributed by atoms with van der Waals surface area (Å²) in [4.78, 5) is 36.6. The molecule has 1 aliphatic heterocycles. The second-order valence-electron chi connectivity index (χ2n) is 16.1. The molecule has 5 aliphatic carbocycles. The lowest BCUT2D eigenvalue weighted by atomic mass is 9.48. The molecule has 9 rings (SSSR count). The molecule has 1 saturated heterocycles. The molecule has 1 aromatic carbocycles. The molecule has 1 amide bonds. The number of ether oxygens (including phenoxy) is 1. The van der Waals surface area contributed by atoms with E-state index < -0.39 is 40.8 Å². The fourth-order valence-corrected chi connectivity index (χ4v) is 10.3. The third kappa shape index (κ3) is 6.02. The van der Waals surface area contributed by atoms with Crippen molar-refractivity contribution in [2.24, 2.45) is 23.7 Å². The maximum atomic E-state index is 14.7. The highest BCUT2D eigenvalue weighted by Crippen LogP contribution is 2.58. The van der Waals surface area contributed by atoms with Crippen molar-refractivity contribution in [1.82, 2.24) is 24.8 Å². The van der Waals surface area contributed by atoms with E-state index in [1.807, 2.05) is 29.4 Å². The van der Waals surface area contributed by atoms with E-state index in [2.05, 4.69) is 15.3 Å². The van der Waals surface area contributed by atoms with Crippen LogP contribution in [0.25, 0.3) is 22.3 Å². The number of carboxylic acid groups (broad SMARTS) is 1. The number of benzene rings is 1. The molecule has 280 valence electrons. The van der Waals surface area contributed by atoms with Crippen LogP contribution in [0.4, 0.5) is 22.0 Å². The van der Waals surface area contributed by atoms with Crippen molar-refractivity contribution in [2.75, 3.05) is 13.1 Å². The van der Waals surface area contributed by atoms with E-state index in [9.17, 15) is 36.6 Å². The standard InChI is InChI=1S/C38H44F5N5O4/c1-3-20(2)48-17-30(28-9-8-27(15-31(28)48)52-26-6-4-25(5-7-26)47-18-36(39,40)19-47)33-44-16-29(32(45-33)38(41,42)43)34(49)46-37(35(50)51)23-11-21-10-22(13-23)14-24(37)12-21/h8-9,15-17,20-26H,3-7,10-14,18-19H2,1-2H3,(H,46,49)(H,50,51). The van der Waals surface area contributed by atoms with Crippen molar-refractivity contribution >= 4 is 22.8 Å². The van der Waals surface area contributed by atoms with Crippen LogP contribution in [0.1, 0.15) is 100 Å². The van der Waals surface area contributed by atoms with Crippen LogP contribution in [0.5, 0.6) is 5.75 Å². The van der Waals surface area contributed by atoms with Gasteiger partial charge in [-0.1, -0.05) is 6.92 Å². The van der Waals surface area contributed by atoms with Gasteiger partial charge in [0.25, 0.3) is 11.8 Å². The van der Waals surface area contributed by atoms with Crippen LogP contribution in [0.15, 0.2) is 30.6 Å². The normalized spacial score (nSPS) is 31.7. The number of fused-ring (bicyclic) bond motifs is 1. The second-order valence-corrected chi connectivity index (χ2v) is 16.1. The van der Waals surface area contributed by atoms with Crippen molar-refractivity contribution in [2.45, 2.75) is 114 Å². The number of nitrogens with zero attached hydrogens (tertiary/aromatic N) is 4. The number of halogens is 5. The number of likely N-dealkylation sites (tertiary alicyclic amines) is 1. The highest BCUT2D eigenvalue weighted by molar-refractivity contribution is 6.00. The van der Waals surface area contributed by atoms with Crippen LogP contribution < -0.4 is 10.1 Å². The minimum absolute atomic E-state index is 0.0306. The molecule has 0 spiro atoms. The molecular weight excluding hydrogens is 685 g/mol. The van der Waals surface area contributed by atoms with Crippen LogP contribution >= 0.6 is 0 Å². The molecule has 2 aromatic heterocycles. The monoisotopic (exact) mass is 729 g/mol. The lowest BCUT2D eigenvalue weighted by Crippen LogP contribution is -2.70. The van der Waals surface area contributed by atoms with Crippen molar-refractivity contribution in [1.29, 1.82) is 0 Å². The first-order chi connectivity index (χ1) is 24.6. The van der Waals surface area contributed by atoms with Crippen molar-refractivity contribution < 1.29 is 41.4 Å². The number of carboxylic acids is 1. The third-order valence-electron chi connectivity index (χ3n) is 12.8. The number of amides is 1. The van der Waals surface area contributed by atoms with Crippen LogP contribution in [-0.4, -0.2) is 73.1 Å². The number of rotatable bonds is 9. The van der Waals surface area contributed by atoms with Gasteiger partial charge in [0.1, 0.15) is 11.3 Å². The van der Waals surface area contributed by atoms with Crippen LogP contribution in [0.3, 0.4) is 0 Å². The van der Waals surface area contributed by atoms with Gasteiger partial charge in [0.15, 0.2) is 11.5 Å². The second kappa shape index (κ2) is 12.7. The zero-order valence-electron chi connectivity index (χ0n) is 29.3. The van der Waals surface area contributed by atoms with E-state index in [-0.39, 0.29) is 48.9 Å². The summed E-state index contributed by atoms with van der Waals surface area (Å²) in [6, 6.07) is 5.49. The fraction of sp³-hybridized carbons (Fsp3) is 0.632. The molecule has 6 fully saturated rings. The number of hydrogen-bond donors (Lipinski definition) is 2. The van der Waals surface area contributed by atoms with Gasteiger partial charge in [-0.2, -0.15) is 13.2 Å². The maximum Gasteiger partial charge on any atom is 0.434 e. The average Bonchev–Trinajstić information content (AvgIpc) is 3.46. The van der Waals surface area contributed by atoms with Crippen LogP contribution in [0, 0.1) is 23.7 Å².